The first-order valence-corrected chi connectivity index (χ1v) is 8.05. The third kappa shape index (κ3) is 5.19. The predicted octanol–water partition coefficient (Wildman–Crippen LogP) is 3.15. The van der Waals surface area contributed by atoms with Gasteiger partial charge >= 0.3 is 6.18 Å². The smallest absolute Gasteiger partial charge is 0.414 e. The molecular formula is C18H20F3N3O2. The van der Waals surface area contributed by atoms with Gasteiger partial charge in [0.15, 0.2) is 6.04 Å². The summed E-state index contributed by atoms with van der Waals surface area (Å²) in [5.74, 6) is -0.668. The first-order chi connectivity index (χ1) is 12.3. The predicted molar refractivity (Wildman–Crippen MR) is 90.8 cm³/mol. The molecule has 0 saturated heterocycles. The maximum absolute atomic E-state index is 13.4. The zero-order valence-corrected chi connectivity index (χ0v) is 14.2. The number of halogens is 3. The van der Waals surface area contributed by atoms with E-state index in [2.05, 4.69) is 4.98 Å². The van der Waals surface area contributed by atoms with Gasteiger partial charge in [0.05, 0.1) is 17.9 Å². The molecule has 26 heavy (non-hydrogen) atoms. The van der Waals surface area contributed by atoms with Crippen LogP contribution in [-0.2, 0) is 0 Å². The highest BCUT2D eigenvalue weighted by Gasteiger charge is 2.43. The van der Waals surface area contributed by atoms with E-state index < -0.39 is 18.1 Å². The molecule has 0 bridgehead atoms. The van der Waals surface area contributed by atoms with E-state index in [9.17, 15) is 18.0 Å². The minimum Gasteiger partial charge on any atom is -0.493 e. The minimum absolute atomic E-state index is 0.0257. The standard InChI is InChI=1S/C18H20F3N3O2/c1-12-6-7-13(15(11-12)26-10-4-8-22)17(25)24-16(18(19,20)21)14-5-2-3-9-23-14/h2-3,5-7,9,11,16H,4,8,10,22H2,1H3,(H,24,25). The minimum atomic E-state index is -4.69. The van der Waals surface area contributed by atoms with Gasteiger partial charge in [-0.05, 0) is 49.7 Å². The van der Waals surface area contributed by atoms with Crippen LogP contribution in [0, 0.1) is 6.92 Å². The van der Waals surface area contributed by atoms with Crippen LogP contribution in [0.2, 0.25) is 0 Å². The maximum Gasteiger partial charge on any atom is 0.414 e. The number of pyridine rings is 1. The van der Waals surface area contributed by atoms with Crippen molar-refractivity contribution in [2.75, 3.05) is 13.2 Å². The zero-order chi connectivity index (χ0) is 19.2. The number of alkyl halides is 3. The maximum atomic E-state index is 13.4. The first-order valence-electron chi connectivity index (χ1n) is 8.05. The number of aromatic nitrogens is 1. The number of ether oxygens (including phenoxy) is 1. The lowest BCUT2D eigenvalue weighted by atomic mass is 10.1. The van der Waals surface area contributed by atoms with Crippen LogP contribution in [-0.4, -0.2) is 30.2 Å². The molecule has 1 heterocycles. The van der Waals surface area contributed by atoms with Gasteiger partial charge in [-0.2, -0.15) is 13.2 Å². The van der Waals surface area contributed by atoms with Crippen molar-refractivity contribution in [3.8, 4) is 5.75 Å². The van der Waals surface area contributed by atoms with Gasteiger partial charge in [-0.3, -0.25) is 9.78 Å². The highest BCUT2D eigenvalue weighted by atomic mass is 19.4. The van der Waals surface area contributed by atoms with E-state index in [1.165, 1.54) is 30.5 Å². The van der Waals surface area contributed by atoms with Crippen LogP contribution in [0.25, 0.3) is 0 Å². The molecular weight excluding hydrogens is 347 g/mol. The second kappa shape index (κ2) is 8.66. The highest BCUT2D eigenvalue weighted by Crippen LogP contribution is 2.32. The summed E-state index contributed by atoms with van der Waals surface area (Å²) in [6.07, 6.45) is -2.88. The lowest BCUT2D eigenvalue weighted by molar-refractivity contribution is -0.156. The van der Waals surface area contributed by atoms with Crippen molar-refractivity contribution < 1.29 is 22.7 Å². The molecule has 1 aromatic carbocycles. The molecule has 1 unspecified atom stereocenters. The number of amides is 1. The largest absolute Gasteiger partial charge is 0.493 e. The van der Waals surface area contributed by atoms with E-state index >= 15 is 0 Å². The van der Waals surface area contributed by atoms with E-state index in [0.717, 1.165) is 5.56 Å². The Morgan fingerprint density at radius 3 is 2.69 bits per heavy atom. The van der Waals surface area contributed by atoms with E-state index in [1.807, 2.05) is 5.32 Å². The number of benzene rings is 1. The molecule has 0 aliphatic rings. The zero-order valence-electron chi connectivity index (χ0n) is 14.2. The molecule has 2 aromatic rings. The molecule has 3 N–H and O–H groups in total. The molecule has 0 fully saturated rings. The molecule has 1 aromatic heterocycles. The van der Waals surface area contributed by atoms with E-state index in [0.29, 0.717) is 13.0 Å². The molecule has 1 atom stereocenters. The van der Waals surface area contributed by atoms with Crippen molar-refractivity contribution in [1.82, 2.24) is 10.3 Å². The normalized spacial score (nSPS) is 12.5. The Morgan fingerprint density at radius 1 is 1.31 bits per heavy atom. The second-order valence-corrected chi connectivity index (χ2v) is 5.69. The monoisotopic (exact) mass is 367 g/mol. The summed E-state index contributed by atoms with van der Waals surface area (Å²) in [6.45, 7) is 2.47. The summed E-state index contributed by atoms with van der Waals surface area (Å²) in [5.41, 5.74) is 5.97. The Kier molecular flexibility index (Phi) is 6.57. The number of nitrogens with one attached hydrogen (secondary N) is 1. The van der Waals surface area contributed by atoms with Gasteiger partial charge < -0.3 is 15.8 Å². The molecule has 0 aliphatic heterocycles. The third-order valence-corrected chi connectivity index (χ3v) is 3.57. The number of hydrogen-bond donors (Lipinski definition) is 2. The van der Waals surface area contributed by atoms with Crippen molar-refractivity contribution in [3.05, 3.63) is 59.4 Å². The topological polar surface area (TPSA) is 77.2 Å². The molecule has 0 saturated carbocycles. The Hall–Kier alpha value is -2.61. The van der Waals surface area contributed by atoms with Crippen molar-refractivity contribution in [1.29, 1.82) is 0 Å². The van der Waals surface area contributed by atoms with E-state index in [-0.39, 0.29) is 23.6 Å². The van der Waals surface area contributed by atoms with Crippen molar-refractivity contribution in [2.24, 2.45) is 5.73 Å². The van der Waals surface area contributed by atoms with Gasteiger partial charge in [0.2, 0.25) is 0 Å². The van der Waals surface area contributed by atoms with Crippen LogP contribution in [0.5, 0.6) is 5.75 Å². The number of carbonyl (C=O) groups is 1. The fourth-order valence-corrected chi connectivity index (χ4v) is 2.28. The van der Waals surface area contributed by atoms with Gasteiger partial charge in [0.1, 0.15) is 5.75 Å². The third-order valence-electron chi connectivity index (χ3n) is 3.57. The van der Waals surface area contributed by atoms with E-state index in [4.69, 9.17) is 10.5 Å². The number of nitrogens with zero attached hydrogens (tertiary/aromatic N) is 1. The number of hydrogen-bond acceptors (Lipinski definition) is 4. The fraction of sp³-hybridized carbons (Fsp3) is 0.333. The number of nitrogens with two attached hydrogens (primary N) is 1. The summed E-state index contributed by atoms with van der Waals surface area (Å²) in [7, 11) is 0. The first kappa shape index (κ1) is 19.7. The summed E-state index contributed by atoms with van der Waals surface area (Å²) in [4.78, 5) is 16.2. The molecule has 0 spiro atoms. The van der Waals surface area contributed by atoms with Crippen LogP contribution in [0.1, 0.15) is 34.1 Å². The summed E-state index contributed by atoms with van der Waals surface area (Å²) >= 11 is 0. The summed E-state index contributed by atoms with van der Waals surface area (Å²) in [6, 6.07) is 6.61. The molecule has 0 aliphatic carbocycles. The van der Waals surface area contributed by atoms with Gasteiger partial charge in [0.25, 0.3) is 5.91 Å². The molecule has 0 radical (unpaired) electrons. The molecule has 140 valence electrons. The van der Waals surface area contributed by atoms with Gasteiger partial charge in [-0.1, -0.05) is 12.1 Å². The second-order valence-electron chi connectivity index (χ2n) is 5.69. The van der Waals surface area contributed by atoms with Crippen LogP contribution < -0.4 is 15.8 Å². The average Bonchev–Trinajstić information content (AvgIpc) is 2.59. The van der Waals surface area contributed by atoms with Crippen molar-refractivity contribution in [3.63, 3.8) is 0 Å². The molecule has 1 amide bonds. The average molecular weight is 367 g/mol. The van der Waals surface area contributed by atoms with Crippen molar-refractivity contribution >= 4 is 5.91 Å². The van der Waals surface area contributed by atoms with Gasteiger partial charge in [0, 0.05) is 6.20 Å². The van der Waals surface area contributed by atoms with Crippen LogP contribution >= 0.6 is 0 Å². The lowest BCUT2D eigenvalue weighted by Gasteiger charge is -2.22. The highest BCUT2D eigenvalue weighted by molar-refractivity contribution is 5.97. The van der Waals surface area contributed by atoms with Gasteiger partial charge in [-0.25, -0.2) is 0 Å². The van der Waals surface area contributed by atoms with Crippen LogP contribution in [0.3, 0.4) is 0 Å². The Bertz CT molecular complexity index is 736. The van der Waals surface area contributed by atoms with Gasteiger partial charge in [-0.15, -0.1) is 0 Å². The summed E-state index contributed by atoms with van der Waals surface area (Å²) in [5, 5.41) is 2.01. The van der Waals surface area contributed by atoms with Crippen molar-refractivity contribution in [2.45, 2.75) is 25.6 Å². The van der Waals surface area contributed by atoms with Crippen LogP contribution in [0.15, 0.2) is 42.6 Å². The lowest BCUT2D eigenvalue weighted by Crippen LogP contribution is -2.38. The quantitative estimate of drug-likeness (QED) is 0.737. The Labute approximate surface area is 149 Å². The summed E-state index contributed by atoms with van der Waals surface area (Å²) < 4.78 is 45.7. The number of rotatable bonds is 7. The molecule has 5 nitrogen and oxygen atoms in total. The Balaban J connectivity index is 2.27. The number of carbonyl (C=O) groups excluding carboxylic acids is 1. The fourth-order valence-electron chi connectivity index (χ4n) is 2.28. The molecule has 2 rings (SSSR count). The van der Waals surface area contributed by atoms with E-state index in [1.54, 1.807) is 19.1 Å². The SMILES string of the molecule is Cc1ccc(C(=O)NC(c2ccccn2)C(F)(F)F)c(OCCCN)c1. The Morgan fingerprint density at radius 2 is 2.08 bits per heavy atom. The molecule has 8 heteroatoms. The van der Waals surface area contributed by atoms with Crippen LogP contribution in [0.4, 0.5) is 13.2 Å². The number of aryl methyl sites for hydroxylation is 1.